The Morgan fingerprint density at radius 1 is 1.18 bits per heavy atom. The Kier molecular flexibility index (Phi) is 8.81. The maximum Gasteiger partial charge on any atom is 0.309 e. The number of esters is 1. The van der Waals surface area contributed by atoms with E-state index in [4.69, 9.17) is 18.6 Å². The van der Waals surface area contributed by atoms with Crippen LogP contribution in [0.4, 0.5) is 0 Å². The lowest BCUT2D eigenvalue weighted by atomic mass is 9.71. The fourth-order valence-corrected chi connectivity index (χ4v) is 5.52. The molecule has 4 rings (SSSR count). The van der Waals surface area contributed by atoms with Gasteiger partial charge in [-0.25, -0.2) is 4.98 Å². The number of ketones is 1. The third-order valence-corrected chi connectivity index (χ3v) is 8.58. The van der Waals surface area contributed by atoms with Crippen molar-refractivity contribution in [2.75, 3.05) is 6.61 Å². The first-order chi connectivity index (χ1) is 17.9. The number of oxazole rings is 1. The number of aromatic nitrogens is 1. The lowest BCUT2D eigenvalue weighted by Gasteiger charge is -2.36. The Hall–Kier alpha value is -2.07. The zero-order valence-corrected chi connectivity index (χ0v) is 23.2. The fraction of sp³-hybridized carbons (Fsp3) is 0.759. The minimum Gasteiger partial charge on any atom is -0.458 e. The summed E-state index contributed by atoms with van der Waals surface area (Å²) in [6, 6.07) is 0. The number of nitrogens with zero attached hydrogens (tertiary/aromatic N) is 1. The molecule has 3 aliphatic heterocycles. The molecule has 8 atom stereocenters. The van der Waals surface area contributed by atoms with E-state index in [1.807, 2.05) is 6.92 Å². The van der Waals surface area contributed by atoms with E-state index >= 15 is 0 Å². The highest BCUT2D eigenvalue weighted by atomic mass is 16.6. The third kappa shape index (κ3) is 7.11. The highest BCUT2D eigenvalue weighted by Gasteiger charge is 2.52. The van der Waals surface area contributed by atoms with Crippen LogP contribution in [0.1, 0.15) is 84.2 Å². The van der Waals surface area contributed by atoms with Crippen molar-refractivity contribution in [2.45, 2.75) is 116 Å². The maximum absolute atomic E-state index is 13.7. The summed E-state index contributed by atoms with van der Waals surface area (Å²) in [6.07, 6.45) is 6.09. The summed E-state index contributed by atoms with van der Waals surface area (Å²) < 4.78 is 22.4. The minimum absolute atomic E-state index is 0.0774. The van der Waals surface area contributed by atoms with E-state index in [1.54, 1.807) is 32.9 Å². The van der Waals surface area contributed by atoms with E-state index in [1.165, 1.54) is 6.26 Å². The molecule has 8 unspecified atom stereocenters. The number of carbonyl (C=O) groups is 2. The average molecular weight is 534 g/mol. The zero-order valence-electron chi connectivity index (χ0n) is 23.2. The molecule has 38 heavy (non-hydrogen) atoms. The predicted molar refractivity (Wildman–Crippen MR) is 139 cm³/mol. The lowest BCUT2D eigenvalue weighted by molar-refractivity contribution is -0.154. The van der Waals surface area contributed by atoms with Crippen LogP contribution in [0.2, 0.25) is 0 Å². The van der Waals surface area contributed by atoms with Gasteiger partial charge in [0, 0.05) is 19.3 Å². The van der Waals surface area contributed by atoms with Gasteiger partial charge in [-0.1, -0.05) is 27.2 Å². The van der Waals surface area contributed by atoms with Gasteiger partial charge in [0.2, 0.25) is 0 Å². The number of aryl methyl sites for hydroxylation is 1. The molecular weight excluding hydrogens is 490 g/mol. The standard InChI is InChI=1S/C29H43NO8/c1-17-7-6-12-29(5)24(38-29)13-20(9-8-19-15-35-18(2)30-19)37-25(32)14-23(31)28(3,4)27(34)22(26(17)33)11-10-21-16-36-21/h8-9,15,17,20-24,26,31,33H,6-7,10-14,16H2,1-5H3. The highest BCUT2D eigenvalue weighted by molar-refractivity contribution is 5.88. The molecule has 0 aromatic carbocycles. The Bertz CT molecular complexity index is 1010. The average Bonchev–Trinajstić information content (AvgIpc) is 3.75. The fourth-order valence-electron chi connectivity index (χ4n) is 5.52. The van der Waals surface area contributed by atoms with Crippen molar-refractivity contribution >= 4 is 17.8 Å². The zero-order chi connectivity index (χ0) is 27.7. The molecule has 9 nitrogen and oxygen atoms in total. The molecule has 3 saturated heterocycles. The smallest absolute Gasteiger partial charge is 0.309 e. The monoisotopic (exact) mass is 533 g/mol. The second-order valence-corrected chi connectivity index (χ2v) is 12.1. The summed E-state index contributed by atoms with van der Waals surface area (Å²) in [5.41, 5.74) is -0.953. The molecule has 1 aromatic heterocycles. The van der Waals surface area contributed by atoms with Crippen LogP contribution in [-0.4, -0.2) is 69.7 Å². The second kappa shape index (κ2) is 11.6. The van der Waals surface area contributed by atoms with E-state index in [9.17, 15) is 19.8 Å². The summed E-state index contributed by atoms with van der Waals surface area (Å²) in [7, 11) is 0. The van der Waals surface area contributed by atoms with E-state index in [-0.39, 0.29) is 35.9 Å². The molecule has 4 heterocycles. The quantitative estimate of drug-likeness (QED) is 0.428. The van der Waals surface area contributed by atoms with Gasteiger partial charge >= 0.3 is 5.97 Å². The number of fused-ring (bicyclic) bond motifs is 1. The van der Waals surface area contributed by atoms with Crippen molar-refractivity contribution in [3.05, 3.63) is 23.9 Å². The van der Waals surface area contributed by atoms with Crippen LogP contribution in [0.15, 0.2) is 16.8 Å². The van der Waals surface area contributed by atoms with Crippen LogP contribution in [0.25, 0.3) is 6.08 Å². The van der Waals surface area contributed by atoms with E-state index < -0.39 is 35.6 Å². The Morgan fingerprint density at radius 2 is 1.92 bits per heavy atom. The van der Waals surface area contributed by atoms with Gasteiger partial charge in [0.05, 0.1) is 48.5 Å². The van der Waals surface area contributed by atoms with E-state index in [2.05, 4.69) is 11.9 Å². The SMILES string of the molecule is Cc1nc(C=CC2CC3OC3(C)CCCC(C)C(O)C(CCC3CO3)C(=O)C(C)(C)C(O)CC(=O)O2)co1. The second-order valence-electron chi connectivity index (χ2n) is 12.1. The molecule has 9 heteroatoms. The maximum atomic E-state index is 13.7. The summed E-state index contributed by atoms with van der Waals surface area (Å²) in [5, 5.41) is 22.3. The molecular formula is C29H43NO8. The van der Waals surface area contributed by atoms with Gasteiger partial charge in [-0.05, 0) is 50.7 Å². The first-order valence-corrected chi connectivity index (χ1v) is 13.9. The number of aliphatic hydroxyl groups is 2. The number of aliphatic hydroxyl groups excluding tert-OH is 2. The van der Waals surface area contributed by atoms with Crippen molar-refractivity contribution in [3.63, 3.8) is 0 Å². The van der Waals surface area contributed by atoms with Gasteiger partial charge in [0.25, 0.3) is 0 Å². The first-order valence-electron chi connectivity index (χ1n) is 13.9. The molecule has 0 amide bonds. The van der Waals surface area contributed by atoms with Gasteiger partial charge < -0.3 is 28.8 Å². The van der Waals surface area contributed by atoms with Gasteiger partial charge in [0.15, 0.2) is 5.89 Å². The third-order valence-electron chi connectivity index (χ3n) is 8.58. The molecule has 212 valence electrons. The summed E-state index contributed by atoms with van der Waals surface area (Å²) in [6.45, 7) is 9.74. The highest BCUT2D eigenvalue weighted by Crippen LogP contribution is 2.44. The Morgan fingerprint density at radius 3 is 2.58 bits per heavy atom. The van der Waals surface area contributed by atoms with Crippen molar-refractivity contribution in [2.24, 2.45) is 17.3 Å². The Balaban J connectivity index is 1.53. The molecule has 0 aliphatic carbocycles. The number of epoxide rings is 2. The molecule has 1 aromatic rings. The number of hydrogen-bond acceptors (Lipinski definition) is 9. The van der Waals surface area contributed by atoms with Crippen molar-refractivity contribution < 1.29 is 38.4 Å². The number of rotatable bonds is 5. The number of Topliss-reactive ketones (excluding diaryl/α,β-unsaturated/α-hetero) is 1. The molecule has 3 aliphatic rings. The topological polar surface area (TPSA) is 135 Å². The van der Waals surface area contributed by atoms with Gasteiger partial charge in [0.1, 0.15) is 23.8 Å². The number of hydrogen-bond donors (Lipinski definition) is 2. The molecule has 0 radical (unpaired) electrons. The number of cyclic esters (lactones) is 1. The summed E-state index contributed by atoms with van der Waals surface area (Å²) >= 11 is 0. The largest absolute Gasteiger partial charge is 0.458 e. The summed E-state index contributed by atoms with van der Waals surface area (Å²) in [5.74, 6) is -1.05. The van der Waals surface area contributed by atoms with Gasteiger partial charge in [-0.15, -0.1) is 0 Å². The van der Waals surface area contributed by atoms with Crippen molar-refractivity contribution in [1.82, 2.24) is 4.98 Å². The number of carbonyl (C=O) groups excluding carboxylic acids is 2. The normalized spacial score (nSPS) is 38.6. The molecule has 2 N–H and O–H groups in total. The van der Waals surface area contributed by atoms with Crippen molar-refractivity contribution in [3.8, 4) is 0 Å². The van der Waals surface area contributed by atoms with Crippen LogP contribution >= 0.6 is 0 Å². The minimum atomic E-state index is -1.26. The predicted octanol–water partition coefficient (Wildman–Crippen LogP) is 3.78. The number of ether oxygens (including phenoxy) is 3. The summed E-state index contributed by atoms with van der Waals surface area (Å²) in [4.78, 5) is 31.0. The molecule has 3 fully saturated rings. The van der Waals surface area contributed by atoms with E-state index in [0.29, 0.717) is 37.5 Å². The first kappa shape index (κ1) is 28.9. The van der Waals surface area contributed by atoms with Crippen LogP contribution in [0.5, 0.6) is 0 Å². The molecule has 0 bridgehead atoms. The van der Waals surface area contributed by atoms with Gasteiger partial charge in [-0.2, -0.15) is 0 Å². The van der Waals surface area contributed by atoms with Crippen LogP contribution in [0.3, 0.4) is 0 Å². The Labute approximate surface area is 224 Å². The lowest BCUT2D eigenvalue weighted by Crippen LogP contribution is -2.46. The van der Waals surface area contributed by atoms with Crippen LogP contribution in [-0.2, 0) is 23.8 Å². The molecule has 0 spiro atoms. The molecule has 0 saturated carbocycles. The van der Waals surface area contributed by atoms with Crippen LogP contribution in [0, 0.1) is 24.2 Å². The van der Waals surface area contributed by atoms with Crippen LogP contribution < -0.4 is 0 Å². The van der Waals surface area contributed by atoms with Gasteiger partial charge in [-0.3, -0.25) is 9.59 Å². The van der Waals surface area contributed by atoms with Crippen molar-refractivity contribution in [1.29, 1.82) is 0 Å². The van der Waals surface area contributed by atoms with E-state index in [0.717, 1.165) is 19.3 Å².